The molecule has 0 aliphatic carbocycles. The fourth-order valence-electron chi connectivity index (χ4n) is 1.63. The van der Waals surface area contributed by atoms with Crippen molar-refractivity contribution < 1.29 is 4.74 Å². The third kappa shape index (κ3) is 2.35. The second-order valence-corrected chi connectivity index (χ2v) is 4.60. The Hall–Kier alpha value is -1.89. The van der Waals surface area contributed by atoms with Gasteiger partial charge in [-0.1, -0.05) is 13.8 Å². The van der Waals surface area contributed by atoms with Crippen LogP contribution in [0.5, 0.6) is 0 Å². The van der Waals surface area contributed by atoms with Crippen LogP contribution in [-0.4, -0.2) is 26.1 Å². The van der Waals surface area contributed by atoms with Crippen molar-refractivity contribution in [2.75, 3.05) is 6.61 Å². The van der Waals surface area contributed by atoms with Gasteiger partial charge in [0, 0.05) is 0 Å². The van der Waals surface area contributed by atoms with Gasteiger partial charge in [-0.15, -0.1) is 0 Å². The number of H-pyrrole nitrogens is 2. The van der Waals surface area contributed by atoms with Gasteiger partial charge in [-0.3, -0.25) is 9.78 Å². The number of ether oxygens (including phenoxy) is 1. The number of nitrogens with zero attached hydrogens (tertiary/aromatic N) is 2. The number of fused-ring (bicyclic) bond motifs is 1. The molecule has 2 aromatic heterocycles. The van der Waals surface area contributed by atoms with Crippen molar-refractivity contribution in [1.29, 1.82) is 0 Å². The van der Waals surface area contributed by atoms with Crippen LogP contribution in [-0.2, 0) is 11.5 Å². The minimum atomic E-state index is -0.511. The quantitative estimate of drug-likeness (QED) is 0.821. The molecular weight excluding hydrogens is 236 g/mol. The average Bonchev–Trinajstić information content (AvgIpc) is 2.63. The molecule has 0 unspecified atom stereocenters. The monoisotopic (exact) mass is 252 g/mol. The fraction of sp³-hybridized carbons (Fsp3) is 0.545. The lowest BCUT2D eigenvalue weighted by Gasteiger charge is -2.07. The van der Waals surface area contributed by atoms with E-state index < -0.39 is 11.2 Å². The number of rotatable bonds is 4. The molecule has 0 atom stereocenters. The number of imidazole rings is 1. The zero-order valence-electron chi connectivity index (χ0n) is 10.6. The summed E-state index contributed by atoms with van der Waals surface area (Å²) in [6.45, 7) is 6.15. The van der Waals surface area contributed by atoms with Gasteiger partial charge in [-0.25, -0.2) is 14.3 Å². The van der Waals surface area contributed by atoms with E-state index in [0.29, 0.717) is 23.9 Å². The second-order valence-electron chi connectivity index (χ2n) is 4.60. The van der Waals surface area contributed by atoms with Gasteiger partial charge in [0.2, 0.25) is 0 Å². The minimum absolute atomic E-state index is 0.0552. The van der Waals surface area contributed by atoms with Crippen LogP contribution in [0.2, 0.25) is 0 Å². The zero-order chi connectivity index (χ0) is 13.3. The van der Waals surface area contributed by atoms with Crippen LogP contribution in [0.1, 0.15) is 19.7 Å². The van der Waals surface area contributed by atoms with Gasteiger partial charge in [0.15, 0.2) is 5.65 Å². The topological polar surface area (TPSA) is 92.8 Å². The Morgan fingerprint density at radius 2 is 2.06 bits per heavy atom. The number of hydrogen-bond donors (Lipinski definition) is 2. The maximum atomic E-state index is 12.0. The third-order valence-corrected chi connectivity index (χ3v) is 2.42. The van der Waals surface area contributed by atoms with Crippen LogP contribution >= 0.6 is 0 Å². The Balaban J connectivity index is 2.38. The van der Waals surface area contributed by atoms with Crippen LogP contribution in [0, 0.1) is 12.8 Å². The van der Waals surface area contributed by atoms with Crippen molar-refractivity contribution in [3.05, 3.63) is 26.7 Å². The molecule has 7 nitrogen and oxygen atoms in total. The first-order valence-corrected chi connectivity index (χ1v) is 5.76. The lowest BCUT2D eigenvalue weighted by atomic mass is 10.2. The van der Waals surface area contributed by atoms with Crippen LogP contribution in [0.4, 0.5) is 0 Å². The van der Waals surface area contributed by atoms with E-state index in [9.17, 15) is 9.59 Å². The molecule has 2 aromatic rings. The lowest BCUT2D eigenvalue weighted by Crippen LogP contribution is -2.36. The first kappa shape index (κ1) is 12.6. The molecule has 0 radical (unpaired) electrons. The molecule has 18 heavy (non-hydrogen) atoms. The van der Waals surface area contributed by atoms with E-state index in [1.165, 1.54) is 0 Å². The van der Waals surface area contributed by atoms with Crippen LogP contribution in [0.3, 0.4) is 0 Å². The SMILES string of the molecule is Cc1nc2[nH]c(=O)n(COCC(C)C)c(=O)c2[nH]1. The average molecular weight is 252 g/mol. The standard InChI is InChI=1S/C11H16N4O3/c1-6(2)4-18-5-15-10(16)8-9(14-11(15)17)13-7(3)12-8/h6H,4-5H2,1-3H3,(H,12,13)(H,14,17). The second kappa shape index (κ2) is 4.77. The predicted molar refractivity (Wildman–Crippen MR) is 66.5 cm³/mol. The fourth-order valence-corrected chi connectivity index (χ4v) is 1.63. The summed E-state index contributed by atoms with van der Waals surface area (Å²) in [6, 6.07) is 0. The summed E-state index contributed by atoms with van der Waals surface area (Å²) in [5.41, 5.74) is -0.358. The number of aryl methyl sites for hydroxylation is 1. The summed E-state index contributed by atoms with van der Waals surface area (Å²) in [5, 5.41) is 0. The molecule has 0 aromatic carbocycles. The molecule has 98 valence electrons. The normalized spacial score (nSPS) is 11.6. The van der Waals surface area contributed by atoms with E-state index in [-0.39, 0.29) is 12.4 Å². The smallest absolute Gasteiger partial charge is 0.332 e. The summed E-state index contributed by atoms with van der Waals surface area (Å²) in [6.07, 6.45) is 0. The van der Waals surface area contributed by atoms with E-state index in [1.807, 2.05) is 13.8 Å². The lowest BCUT2D eigenvalue weighted by molar-refractivity contribution is 0.0534. The van der Waals surface area contributed by atoms with E-state index in [4.69, 9.17) is 4.74 Å². The molecule has 2 heterocycles. The number of hydrogen-bond acceptors (Lipinski definition) is 4. The number of aromatic nitrogens is 4. The molecule has 0 bridgehead atoms. The summed E-state index contributed by atoms with van der Waals surface area (Å²) in [5.74, 6) is 0.927. The van der Waals surface area contributed by atoms with Crippen molar-refractivity contribution in [2.45, 2.75) is 27.5 Å². The Morgan fingerprint density at radius 1 is 1.33 bits per heavy atom. The Morgan fingerprint density at radius 3 is 2.72 bits per heavy atom. The molecule has 0 saturated heterocycles. The maximum Gasteiger partial charge on any atom is 0.332 e. The Bertz CT molecular complexity index is 665. The van der Waals surface area contributed by atoms with Crippen molar-refractivity contribution >= 4 is 11.2 Å². The molecule has 2 N–H and O–H groups in total. The first-order chi connectivity index (χ1) is 8.49. The molecule has 0 aliphatic rings. The highest BCUT2D eigenvalue weighted by Gasteiger charge is 2.10. The zero-order valence-corrected chi connectivity index (χ0v) is 10.6. The van der Waals surface area contributed by atoms with Crippen molar-refractivity contribution in [2.24, 2.45) is 5.92 Å². The van der Waals surface area contributed by atoms with Crippen molar-refractivity contribution in [1.82, 2.24) is 19.5 Å². The summed E-state index contributed by atoms with van der Waals surface area (Å²) in [7, 11) is 0. The highest BCUT2D eigenvalue weighted by Crippen LogP contribution is 2.00. The van der Waals surface area contributed by atoms with Gasteiger partial charge in [0.25, 0.3) is 5.56 Å². The highest BCUT2D eigenvalue weighted by atomic mass is 16.5. The van der Waals surface area contributed by atoms with Crippen molar-refractivity contribution in [3.63, 3.8) is 0 Å². The molecular formula is C11H16N4O3. The van der Waals surface area contributed by atoms with Gasteiger partial charge < -0.3 is 9.72 Å². The van der Waals surface area contributed by atoms with E-state index in [2.05, 4.69) is 15.0 Å². The van der Waals surface area contributed by atoms with Crippen LogP contribution in [0.15, 0.2) is 9.59 Å². The molecule has 0 saturated carbocycles. The molecule has 0 fully saturated rings. The minimum Gasteiger partial charge on any atom is -0.360 e. The number of nitrogens with one attached hydrogen (secondary N) is 2. The summed E-state index contributed by atoms with van der Waals surface area (Å²) < 4.78 is 6.32. The van der Waals surface area contributed by atoms with Crippen LogP contribution < -0.4 is 11.2 Å². The number of aromatic amines is 2. The molecule has 0 spiro atoms. The Kier molecular flexibility index (Phi) is 3.33. The molecule has 0 amide bonds. The maximum absolute atomic E-state index is 12.0. The van der Waals surface area contributed by atoms with Crippen LogP contribution in [0.25, 0.3) is 11.2 Å². The van der Waals surface area contributed by atoms with E-state index in [1.54, 1.807) is 6.92 Å². The molecule has 2 rings (SSSR count). The first-order valence-electron chi connectivity index (χ1n) is 5.76. The van der Waals surface area contributed by atoms with Gasteiger partial charge in [0.1, 0.15) is 18.1 Å². The predicted octanol–water partition coefficient (Wildman–Crippen LogP) is 0.351. The summed E-state index contributed by atoms with van der Waals surface area (Å²) in [4.78, 5) is 33.1. The van der Waals surface area contributed by atoms with Gasteiger partial charge in [-0.05, 0) is 12.8 Å². The van der Waals surface area contributed by atoms with E-state index >= 15 is 0 Å². The van der Waals surface area contributed by atoms with Gasteiger partial charge >= 0.3 is 5.69 Å². The third-order valence-electron chi connectivity index (χ3n) is 2.42. The summed E-state index contributed by atoms with van der Waals surface area (Å²) >= 11 is 0. The van der Waals surface area contributed by atoms with Crippen molar-refractivity contribution in [3.8, 4) is 0 Å². The van der Waals surface area contributed by atoms with Gasteiger partial charge in [0.05, 0.1) is 6.61 Å². The van der Waals surface area contributed by atoms with E-state index in [0.717, 1.165) is 4.57 Å². The largest absolute Gasteiger partial charge is 0.360 e. The molecule has 7 heteroatoms. The highest BCUT2D eigenvalue weighted by molar-refractivity contribution is 5.68. The Labute approximate surface area is 103 Å². The molecule has 0 aliphatic heterocycles. The van der Waals surface area contributed by atoms with Gasteiger partial charge in [-0.2, -0.15) is 0 Å².